The van der Waals surface area contributed by atoms with Crippen molar-refractivity contribution in [2.24, 2.45) is 0 Å². The van der Waals surface area contributed by atoms with Crippen molar-refractivity contribution in [2.75, 3.05) is 12.4 Å². The molecular weight excluding hydrogens is 418 g/mol. The third-order valence-corrected chi connectivity index (χ3v) is 5.91. The lowest BCUT2D eigenvalue weighted by Gasteiger charge is -2.10. The molecule has 0 saturated heterocycles. The third kappa shape index (κ3) is 6.24. The van der Waals surface area contributed by atoms with Crippen LogP contribution in [-0.4, -0.2) is 36.8 Å². The SMILES string of the molecule is CNS(=O)(=O)c1cccc(CNC(=O)c2cccc(NC(=O)CCn3ccnc3)c2)c1. The van der Waals surface area contributed by atoms with Gasteiger partial charge in [-0.25, -0.2) is 18.1 Å². The van der Waals surface area contributed by atoms with Crippen LogP contribution in [0.25, 0.3) is 0 Å². The van der Waals surface area contributed by atoms with Gasteiger partial charge in [0.2, 0.25) is 15.9 Å². The molecule has 0 aliphatic heterocycles. The number of aromatic nitrogens is 2. The lowest BCUT2D eigenvalue weighted by molar-refractivity contribution is -0.116. The quantitative estimate of drug-likeness (QED) is 0.467. The highest BCUT2D eigenvalue weighted by Crippen LogP contribution is 2.13. The number of aryl methyl sites for hydroxylation is 1. The maximum absolute atomic E-state index is 12.5. The van der Waals surface area contributed by atoms with Crippen LogP contribution in [0.1, 0.15) is 22.3 Å². The summed E-state index contributed by atoms with van der Waals surface area (Å²) < 4.78 is 27.9. The number of hydrogen-bond donors (Lipinski definition) is 3. The molecule has 3 N–H and O–H groups in total. The lowest BCUT2D eigenvalue weighted by Crippen LogP contribution is -2.23. The van der Waals surface area contributed by atoms with E-state index in [0.29, 0.717) is 23.4 Å². The van der Waals surface area contributed by atoms with Gasteiger partial charge in [0, 0.05) is 43.2 Å². The maximum Gasteiger partial charge on any atom is 0.251 e. The molecule has 0 aliphatic carbocycles. The van der Waals surface area contributed by atoms with Gasteiger partial charge in [-0.05, 0) is 42.9 Å². The molecule has 0 atom stereocenters. The lowest BCUT2D eigenvalue weighted by atomic mass is 10.1. The predicted octanol–water partition coefficient (Wildman–Crippen LogP) is 1.75. The highest BCUT2D eigenvalue weighted by Gasteiger charge is 2.12. The van der Waals surface area contributed by atoms with Crippen LogP contribution in [0.15, 0.2) is 72.1 Å². The number of amides is 2. The summed E-state index contributed by atoms with van der Waals surface area (Å²) in [5.74, 6) is -0.509. The van der Waals surface area contributed by atoms with E-state index < -0.39 is 10.0 Å². The van der Waals surface area contributed by atoms with Crippen LogP contribution in [0.3, 0.4) is 0 Å². The van der Waals surface area contributed by atoms with Crippen LogP contribution in [0.4, 0.5) is 5.69 Å². The number of benzene rings is 2. The number of imidazole rings is 1. The Bertz CT molecular complexity index is 1160. The molecule has 31 heavy (non-hydrogen) atoms. The second-order valence-electron chi connectivity index (χ2n) is 6.72. The summed E-state index contributed by atoms with van der Waals surface area (Å²) in [5.41, 5.74) is 1.55. The second-order valence-corrected chi connectivity index (χ2v) is 8.60. The summed E-state index contributed by atoms with van der Waals surface area (Å²) in [6, 6.07) is 12.9. The zero-order valence-electron chi connectivity index (χ0n) is 16.9. The number of carbonyl (C=O) groups excluding carboxylic acids is 2. The summed E-state index contributed by atoms with van der Waals surface area (Å²) in [7, 11) is -2.22. The second kappa shape index (κ2) is 10.0. The molecular formula is C21H23N5O4S. The van der Waals surface area contributed by atoms with Crippen molar-refractivity contribution in [2.45, 2.75) is 24.4 Å². The molecule has 1 heterocycles. The van der Waals surface area contributed by atoms with E-state index in [2.05, 4.69) is 20.3 Å². The van der Waals surface area contributed by atoms with E-state index in [1.165, 1.54) is 19.2 Å². The van der Waals surface area contributed by atoms with Gasteiger partial charge in [-0.3, -0.25) is 9.59 Å². The number of hydrogen-bond acceptors (Lipinski definition) is 5. The zero-order chi connectivity index (χ0) is 22.3. The smallest absolute Gasteiger partial charge is 0.251 e. The van der Waals surface area contributed by atoms with Gasteiger partial charge in [0.25, 0.3) is 5.91 Å². The first-order chi connectivity index (χ1) is 14.9. The van der Waals surface area contributed by atoms with Gasteiger partial charge >= 0.3 is 0 Å². The average molecular weight is 442 g/mol. The van der Waals surface area contributed by atoms with Crippen molar-refractivity contribution >= 4 is 27.5 Å². The molecule has 0 saturated carbocycles. The van der Waals surface area contributed by atoms with Gasteiger partial charge in [0.1, 0.15) is 0 Å². The van der Waals surface area contributed by atoms with E-state index in [4.69, 9.17) is 0 Å². The largest absolute Gasteiger partial charge is 0.348 e. The summed E-state index contributed by atoms with van der Waals surface area (Å²) in [4.78, 5) is 28.7. The Morgan fingerprint density at radius 3 is 2.65 bits per heavy atom. The third-order valence-electron chi connectivity index (χ3n) is 4.50. The molecule has 2 amide bonds. The van der Waals surface area contributed by atoms with Crippen molar-refractivity contribution < 1.29 is 18.0 Å². The summed E-state index contributed by atoms with van der Waals surface area (Å²) in [6.07, 6.45) is 5.35. The molecule has 0 fully saturated rings. The molecule has 0 unspecified atom stereocenters. The van der Waals surface area contributed by atoms with E-state index in [-0.39, 0.29) is 29.7 Å². The Balaban J connectivity index is 1.57. The zero-order valence-corrected chi connectivity index (χ0v) is 17.7. The van der Waals surface area contributed by atoms with Crippen LogP contribution in [-0.2, 0) is 27.9 Å². The van der Waals surface area contributed by atoms with Crippen LogP contribution >= 0.6 is 0 Å². The molecule has 1 aromatic heterocycles. The standard InChI is InChI=1S/C21H23N5O4S/c1-22-31(29,30)19-7-2-4-16(12-19)14-24-21(28)17-5-3-6-18(13-17)25-20(27)8-10-26-11-9-23-15-26/h2-7,9,11-13,15,22H,8,10,14H2,1H3,(H,24,28)(H,25,27). The number of sulfonamides is 1. The van der Waals surface area contributed by atoms with E-state index in [1.807, 2.05) is 0 Å². The Morgan fingerprint density at radius 1 is 1.10 bits per heavy atom. The number of nitrogens with zero attached hydrogens (tertiary/aromatic N) is 2. The number of rotatable bonds is 9. The predicted molar refractivity (Wildman–Crippen MR) is 116 cm³/mol. The minimum Gasteiger partial charge on any atom is -0.348 e. The Morgan fingerprint density at radius 2 is 1.90 bits per heavy atom. The number of nitrogens with one attached hydrogen (secondary N) is 3. The Labute approximate surface area is 180 Å². The Kier molecular flexibility index (Phi) is 7.16. The van der Waals surface area contributed by atoms with Crippen molar-refractivity contribution in [1.29, 1.82) is 0 Å². The average Bonchev–Trinajstić information content (AvgIpc) is 3.30. The topological polar surface area (TPSA) is 122 Å². The van der Waals surface area contributed by atoms with Gasteiger partial charge < -0.3 is 15.2 Å². The van der Waals surface area contributed by atoms with Crippen molar-refractivity contribution in [1.82, 2.24) is 19.6 Å². The fourth-order valence-electron chi connectivity index (χ4n) is 2.84. The minimum absolute atomic E-state index is 0.127. The molecule has 0 aliphatic rings. The van der Waals surface area contributed by atoms with Crippen molar-refractivity contribution in [3.8, 4) is 0 Å². The highest BCUT2D eigenvalue weighted by molar-refractivity contribution is 7.89. The first-order valence-corrected chi connectivity index (χ1v) is 11.0. The van der Waals surface area contributed by atoms with Gasteiger partial charge in [0.15, 0.2) is 0 Å². The maximum atomic E-state index is 12.5. The molecule has 162 valence electrons. The Hall–Kier alpha value is -3.50. The van der Waals surface area contributed by atoms with E-state index in [1.54, 1.807) is 59.7 Å². The molecule has 3 rings (SSSR count). The molecule has 9 nitrogen and oxygen atoms in total. The fraction of sp³-hybridized carbons (Fsp3) is 0.190. The van der Waals surface area contributed by atoms with E-state index in [9.17, 15) is 18.0 Å². The summed E-state index contributed by atoms with van der Waals surface area (Å²) >= 11 is 0. The minimum atomic E-state index is -3.56. The van der Waals surface area contributed by atoms with Crippen LogP contribution in [0.2, 0.25) is 0 Å². The van der Waals surface area contributed by atoms with Crippen LogP contribution in [0.5, 0.6) is 0 Å². The highest BCUT2D eigenvalue weighted by atomic mass is 32.2. The first kappa shape index (κ1) is 22.2. The van der Waals surface area contributed by atoms with Crippen molar-refractivity contribution in [3.63, 3.8) is 0 Å². The number of carbonyl (C=O) groups is 2. The molecule has 0 spiro atoms. The van der Waals surface area contributed by atoms with Gasteiger partial charge in [0.05, 0.1) is 11.2 Å². The first-order valence-electron chi connectivity index (χ1n) is 9.54. The van der Waals surface area contributed by atoms with Gasteiger partial charge in [-0.15, -0.1) is 0 Å². The molecule has 10 heteroatoms. The van der Waals surface area contributed by atoms with E-state index in [0.717, 1.165) is 0 Å². The van der Waals surface area contributed by atoms with Gasteiger partial charge in [-0.2, -0.15) is 0 Å². The van der Waals surface area contributed by atoms with E-state index >= 15 is 0 Å². The monoisotopic (exact) mass is 441 g/mol. The molecule has 3 aromatic rings. The summed E-state index contributed by atoms with van der Waals surface area (Å²) in [5, 5.41) is 5.54. The number of anilines is 1. The normalized spacial score (nSPS) is 11.1. The fourth-order valence-corrected chi connectivity index (χ4v) is 3.64. The van der Waals surface area contributed by atoms with Crippen molar-refractivity contribution in [3.05, 3.63) is 78.4 Å². The molecule has 0 radical (unpaired) electrons. The molecule has 0 bridgehead atoms. The molecule has 2 aromatic carbocycles. The van der Waals surface area contributed by atoms with Crippen LogP contribution in [0, 0.1) is 0 Å². The van der Waals surface area contributed by atoms with Gasteiger partial charge in [-0.1, -0.05) is 18.2 Å². The van der Waals surface area contributed by atoms with Crippen LogP contribution < -0.4 is 15.4 Å². The summed E-state index contributed by atoms with van der Waals surface area (Å²) in [6.45, 7) is 0.668.